The molecule has 0 aliphatic carbocycles. The van der Waals surface area contributed by atoms with E-state index in [4.69, 9.17) is 0 Å². The standard InChI is InChI=1S/C17H30N4.HI/c1-5-18-17(19-6-2)20-13-15-11-9-10-12-16(15)14-21(7-3)8-4;/h9-12H,5-8,13-14H2,1-4H3,(H2,18,19,20);1H. The fourth-order valence-corrected chi connectivity index (χ4v) is 2.23. The first-order valence-corrected chi connectivity index (χ1v) is 8.06. The molecule has 2 N–H and O–H groups in total. The summed E-state index contributed by atoms with van der Waals surface area (Å²) in [6.07, 6.45) is 0. The van der Waals surface area contributed by atoms with E-state index in [-0.39, 0.29) is 24.0 Å². The van der Waals surface area contributed by atoms with Crippen LogP contribution in [0.3, 0.4) is 0 Å². The Kier molecular flexibility index (Phi) is 12.2. The Balaban J connectivity index is 0.00000441. The summed E-state index contributed by atoms with van der Waals surface area (Å²) < 4.78 is 0. The Hall–Kier alpha value is -0.820. The lowest BCUT2D eigenvalue weighted by Gasteiger charge is -2.20. The van der Waals surface area contributed by atoms with E-state index in [2.05, 4.69) is 72.5 Å². The minimum atomic E-state index is 0. The summed E-state index contributed by atoms with van der Waals surface area (Å²) in [4.78, 5) is 7.10. The number of halogens is 1. The van der Waals surface area contributed by atoms with Crippen LogP contribution in [0.4, 0.5) is 0 Å². The molecule has 5 heteroatoms. The van der Waals surface area contributed by atoms with Crippen LogP contribution in [0.2, 0.25) is 0 Å². The monoisotopic (exact) mass is 418 g/mol. The van der Waals surface area contributed by atoms with Crippen molar-refractivity contribution in [2.45, 2.75) is 40.8 Å². The zero-order chi connectivity index (χ0) is 15.5. The van der Waals surface area contributed by atoms with E-state index in [1.54, 1.807) is 0 Å². The largest absolute Gasteiger partial charge is 0.357 e. The second kappa shape index (κ2) is 12.7. The number of nitrogens with one attached hydrogen (secondary N) is 2. The van der Waals surface area contributed by atoms with E-state index in [1.165, 1.54) is 11.1 Å². The van der Waals surface area contributed by atoms with Gasteiger partial charge in [0.15, 0.2) is 5.96 Å². The van der Waals surface area contributed by atoms with Crippen molar-refractivity contribution in [3.63, 3.8) is 0 Å². The van der Waals surface area contributed by atoms with Crippen LogP contribution in [0.25, 0.3) is 0 Å². The van der Waals surface area contributed by atoms with Gasteiger partial charge >= 0.3 is 0 Å². The highest BCUT2D eigenvalue weighted by atomic mass is 127. The molecule has 0 bridgehead atoms. The third kappa shape index (κ3) is 7.45. The fraction of sp³-hybridized carbons (Fsp3) is 0.588. The minimum absolute atomic E-state index is 0. The highest BCUT2D eigenvalue weighted by molar-refractivity contribution is 14.0. The SMILES string of the molecule is CCNC(=NCc1ccccc1CN(CC)CC)NCC.I. The molecule has 1 rings (SSSR count). The average Bonchev–Trinajstić information content (AvgIpc) is 2.51. The predicted molar refractivity (Wildman–Crippen MR) is 107 cm³/mol. The van der Waals surface area contributed by atoms with Gasteiger partial charge in [-0.3, -0.25) is 4.90 Å². The van der Waals surface area contributed by atoms with Crippen LogP contribution in [-0.2, 0) is 13.1 Å². The van der Waals surface area contributed by atoms with Crippen LogP contribution in [0.5, 0.6) is 0 Å². The number of hydrogen-bond acceptors (Lipinski definition) is 2. The molecule has 0 aliphatic rings. The van der Waals surface area contributed by atoms with Crippen molar-refractivity contribution in [2.75, 3.05) is 26.2 Å². The van der Waals surface area contributed by atoms with Gasteiger partial charge in [-0.05, 0) is 38.1 Å². The molecule has 126 valence electrons. The number of hydrogen-bond donors (Lipinski definition) is 2. The van der Waals surface area contributed by atoms with Crippen LogP contribution in [0.15, 0.2) is 29.3 Å². The lowest BCUT2D eigenvalue weighted by Crippen LogP contribution is -2.37. The zero-order valence-electron chi connectivity index (χ0n) is 14.4. The van der Waals surface area contributed by atoms with Crippen LogP contribution < -0.4 is 10.6 Å². The van der Waals surface area contributed by atoms with Gasteiger partial charge in [-0.2, -0.15) is 0 Å². The number of benzene rings is 1. The van der Waals surface area contributed by atoms with Gasteiger partial charge in [-0.15, -0.1) is 24.0 Å². The Bertz CT molecular complexity index is 422. The lowest BCUT2D eigenvalue weighted by molar-refractivity contribution is 0.295. The summed E-state index contributed by atoms with van der Waals surface area (Å²) in [6.45, 7) is 14.2. The van der Waals surface area contributed by atoms with Crippen molar-refractivity contribution in [1.29, 1.82) is 0 Å². The molecule has 0 aromatic heterocycles. The molecule has 0 atom stereocenters. The maximum Gasteiger partial charge on any atom is 0.191 e. The van der Waals surface area contributed by atoms with Gasteiger partial charge < -0.3 is 10.6 Å². The molecule has 4 nitrogen and oxygen atoms in total. The summed E-state index contributed by atoms with van der Waals surface area (Å²) in [5, 5.41) is 6.53. The molecule has 0 heterocycles. The van der Waals surface area contributed by atoms with Gasteiger partial charge in [-0.25, -0.2) is 4.99 Å². The Morgan fingerprint density at radius 1 is 0.955 bits per heavy atom. The molecule has 0 amide bonds. The predicted octanol–water partition coefficient (Wildman–Crippen LogP) is 3.22. The molecule has 0 spiro atoms. The maximum atomic E-state index is 4.67. The molecule has 1 aromatic carbocycles. The second-order valence-electron chi connectivity index (χ2n) is 4.96. The summed E-state index contributed by atoms with van der Waals surface area (Å²) in [5.74, 6) is 0.887. The quantitative estimate of drug-likeness (QED) is 0.387. The number of aliphatic imine (C=N–C) groups is 1. The van der Waals surface area contributed by atoms with Crippen LogP contribution in [-0.4, -0.2) is 37.0 Å². The van der Waals surface area contributed by atoms with Gasteiger partial charge in [-0.1, -0.05) is 38.1 Å². The van der Waals surface area contributed by atoms with Gasteiger partial charge in [0.05, 0.1) is 6.54 Å². The van der Waals surface area contributed by atoms with Crippen LogP contribution >= 0.6 is 24.0 Å². The normalized spacial score (nSPS) is 10.0. The molecule has 0 saturated carbocycles. The van der Waals surface area contributed by atoms with E-state index >= 15 is 0 Å². The molecule has 0 unspecified atom stereocenters. The van der Waals surface area contributed by atoms with Crippen LogP contribution in [0.1, 0.15) is 38.8 Å². The topological polar surface area (TPSA) is 39.7 Å². The first-order valence-electron chi connectivity index (χ1n) is 8.06. The summed E-state index contributed by atoms with van der Waals surface area (Å²) in [5.41, 5.74) is 2.68. The molecular formula is C17H31IN4. The molecule has 0 radical (unpaired) electrons. The van der Waals surface area contributed by atoms with E-state index in [0.717, 1.165) is 38.7 Å². The van der Waals surface area contributed by atoms with Gasteiger partial charge in [0.1, 0.15) is 0 Å². The zero-order valence-corrected chi connectivity index (χ0v) is 16.7. The van der Waals surface area contributed by atoms with Crippen molar-refractivity contribution in [1.82, 2.24) is 15.5 Å². The summed E-state index contributed by atoms with van der Waals surface area (Å²) in [7, 11) is 0. The second-order valence-corrected chi connectivity index (χ2v) is 4.96. The first kappa shape index (κ1) is 21.2. The van der Waals surface area contributed by atoms with Gasteiger partial charge in [0.2, 0.25) is 0 Å². The van der Waals surface area contributed by atoms with E-state index in [9.17, 15) is 0 Å². The molecule has 0 fully saturated rings. The Morgan fingerprint density at radius 3 is 2.00 bits per heavy atom. The molecule has 0 aliphatic heterocycles. The van der Waals surface area contributed by atoms with Crippen LogP contribution in [0, 0.1) is 0 Å². The van der Waals surface area contributed by atoms with E-state index < -0.39 is 0 Å². The Morgan fingerprint density at radius 2 is 1.50 bits per heavy atom. The highest BCUT2D eigenvalue weighted by Crippen LogP contribution is 2.13. The third-order valence-corrected chi connectivity index (χ3v) is 3.50. The fourth-order valence-electron chi connectivity index (χ4n) is 2.23. The third-order valence-electron chi connectivity index (χ3n) is 3.50. The number of nitrogens with zero attached hydrogens (tertiary/aromatic N) is 2. The van der Waals surface area contributed by atoms with Gasteiger partial charge in [0, 0.05) is 19.6 Å². The number of guanidine groups is 1. The van der Waals surface area contributed by atoms with Crippen molar-refractivity contribution in [3.05, 3.63) is 35.4 Å². The van der Waals surface area contributed by atoms with Crippen molar-refractivity contribution in [3.8, 4) is 0 Å². The lowest BCUT2D eigenvalue weighted by atomic mass is 10.1. The highest BCUT2D eigenvalue weighted by Gasteiger charge is 2.06. The van der Waals surface area contributed by atoms with Crippen molar-refractivity contribution < 1.29 is 0 Å². The van der Waals surface area contributed by atoms with Crippen molar-refractivity contribution in [2.24, 2.45) is 4.99 Å². The molecule has 22 heavy (non-hydrogen) atoms. The van der Waals surface area contributed by atoms with Gasteiger partial charge in [0.25, 0.3) is 0 Å². The molecule has 0 saturated heterocycles. The minimum Gasteiger partial charge on any atom is -0.357 e. The molecular weight excluding hydrogens is 387 g/mol. The maximum absolute atomic E-state index is 4.67. The summed E-state index contributed by atoms with van der Waals surface area (Å²) >= 11 is 0. The Labute approximate surface area is 152 Å². The van der Waals surface area contributed by atoms with E-state index in [1.807, 2.05) is 0 Å². The molecule has 1 aromatic rings. The van der Waals surface area contributed by atoms with E-state index in [0.29, 0.717) is 6.54 Å². The average molecular weight is 418 g/mol. The number of rotatable bonds is 8. The van der Waals surface area contributed by atoms with Crippen molar-refractivity contribution >= 4 is 29.9 Å². The summed E-state index contributed by atoms with van der Waals surface area (Å²) in [6, 6.07) is 8.60. The smallest absolute Gasteiger partial charge is 0.191 e. The first-order chi connectivity index (χ1) is 10.2.